The molecule has 1 amide bonds. The summed E-state index contributed by atoms with van der Waals surface area (Å²) in [7, 11) is 0. The molecular formula is C26H28FN5O4. The number of carbonyl (C=O) groups excluding carboxylic acids is 1. The molecule has 1 atom stereocenters. The fourth-order valence-electron chi connectivity index (χ4n) is 4.00. The zero-order chi connectivity index (χ0) is 25.8. The fourth-order valence-corrected chi connectivity index (χ4v) is 4.00. The second kappa shape index (κ2) is 10.6. The number of anilines is 2. The lowest BCUT2D eigenvalue weighted by Gasteiger charge is -2.26. The first kappa shape index (κ1) is 24.9. The number of benzene rings is 2. The van der Waals surface area contributed by atoms with E-state index >= 15 is 0 Å². The van der Waals surface area contributed by atoms with Gasteiger partial charge in [0.2, 0.25) is 6.10 Å². The number of rotatable bonds is 8. The van der Waals surface area contributed by atoms with Gasteiger partial charge in [0.1, 0.15) is 11.6 Å². The number of nitrogens with zero attached hydrogens (tertiary/aromatic N) is 3. The number of H-pyrrole nitrogens is 1. The SMILES string of the molecule is CC(C)CCN(C(=O)C1CC(c2cccc(F)c2)=NO1)c1c(N)n(Cc2ccccc2)c(=O)[nH]c1=O. The lowest BCUT2D eigenvalue weighted by atomic mass is 10.0. The Labute approximate surface area is 207 Å². The Morgan fingerprint density at radius 1 is 1.22 bits per heavy atom. The van der Waals surface area contributed by atoms with Crippen molar-refractivity contribution in [1.29, 1.82) is 0 Å². The number of oxime groups is 1. The smallest absolute Gasteiger partial charge is 0.330 e. The zero-order valence-corrected chi connectivity index (χ0v) is 20.1. The van der Waals surface area contributed by atoms with E-state index in [1.54, 1.807) is 12.1 Å². The predicted octanol–water partition coefficient (Wildman–Crippen LogP) is 2.88. The number of hydrogen-bond donors (Lipinski definition) is 2. The Balaban J connectivity index is 1.67. The number of hydrogen-bond acceptors (Lipinski definition) is 6. The van der Waals surface area contributed by atoms with Crippen LogP contribution in [-0.2, 0) is 16.2 Å². The average molecular weight is 494 g/mol. The molecule has 0 saturated heterocycles. The highest BCUT2D eigenvalue weighted by atomic mass is 19.1. The van der Waals surface area contributed by atoms with Crippen molar-refractivity contribution in [2.75, 3.05) is 17.2 Å². The van der Waals surface area contributed by atoms with Gasteiger partial charge in [-0.2, -0.15) is 0 Å². The molecule has 3 aromatic rings. The Morgan fingerprint density at radius 3 is 2.67 bits per heavy atom. The van der Waals surface area contributed by atoms with Crippen LogP contribution in [0.25, 0.3) is 0 Å². The van der Waals surface area contributed by atoms with Crippen LogP contribution in [0.1, 0.15) is 37.8 Å². The maximum Gasteiger partial charge on any atom is 0.330 e. The van der Waals surface area contributed by atoms with Crippen LogP contribution < -0.4 is 21.9 Å². The quantitative estimate of drug-likeness (QED) is 0.500. The van der Waals surface area contributed by atoms with Crippen molar-refractivity contribution in [2.45, 2.75) is 39.3 Å². The van der Waals surface area contributed by atoms with E-state index in [1.165, 1.54) is 21.6 Å². The van der Waals surface area contributed by atoms with Gasteiger partial charge in [-0.25, -0.2) is 9.18 Å². The normalized spacial score (nSPS) is 15.0. The van der Waals surface area contributed by atoms with Gasteiger partial charge in [-0.3, -0.25) is 19.1 Å². The molecule has 188 valence electrons. The largest absolute Gasteiger partial charge is 0.383 e. The summed E-state index contributed by atoms with van der Waals surface area (Å²) in [5.41, 5.74) is 6.54. The molecule has 0 saturated carbocycles. The summed E-state index contributed by atoms with van der Waals surface area (Å²) in [6.07, 6.45) is -0.349. The lowest BCUT2D eigenvalue weighted by Crippen LogP contribution is -2.46. The van der Waals surface area contributed by atoms with E-state index in [2.05, 4.69) is 10.1 Å². The molecule has 0 radical (unpaired) electrons. The molecule has 0 fully saturated rings. The summed E-state index contributed by atoms with van der Waals surface area (Å²) >= 11 is 0. The zero-order valence-electron chi connectivity index (χ0n) is 20.1. The van der Waals surface area contributed by atoms with E-state index in [0.717, 1.165) is 5.56 Å². The van der Waals surface area contributed by atoms with Crippen molar-refractivity contribution in [1.82, 2.24) is 9.55 Å². The van der Waals surface area contributed by atoms with E-state index < -0.39 is 29.1 Å². The van der Waals surface area contributed by atoms with Crippen molar-refractivity contribution >= 4 is 23.1 Å². The number of nitrogens with one attached hydrogen (secondary N) is 1. The molecular weight excluding hydrogens is 465 g/mol. The van der Waals surface area contributed by atoms with Gasteiger partial charge in [-0.05, 0) is 30.0 Å². The minimum absolute atomic E-state index is 0.0991. The molecule has 2 heterocycles. The molecule has 1 unspecified atom stereocenters. The van der Waals surface area contributed by atoms with Crippen LogP contribution in [0.5, 0.6) is 0 Å². The minimum atomic E-state index is -1.02. The van der Waals surface area contributed by atoms with Gasteiger partial charge in [0, 0.05) is 18.5 Å². The standard InChI is InChI=1S/C26H28FN5O4/c1-16(2)11-12-31(25(34)21-14-20(30-36-21)18-9-6-10-19(27)13-18)22-23(28)32(26(35)29-24(22)33)15-17-7-4-3-5-8-17/h3-10,13,16,21H,11-12,14-15,28H2,1-2H3,(H,29,33,35). The topological polar surface area (TPSA) is 123 Å². The number of aromatic nitrogens is 2. The Kier molecular flexibility index (Phi) is 7.33. The number of carbonyl (C=O) groups is 1. The summed E-state index contributed by atoms with van der Waals surface area (Å²) in [6, 6.07) is 15.0. The van der Waals surface area contributed by atoms with Gasteiger partial charge in [-0.15, -0.1) is 0 Å². The summed E-state index contributed by atoms with van der Waals surface area (Å²) in [5.74, 6) is -0.843. The van der Waals surface area contributed by atoms with Crippen molar-refractivity contribution < 1.29 is 14.0 Å². The average Bonchev–Trinajstić information content (AvgIpc) is 3.34. The second-order valence-electron chi connectivity index (χ2n) is 9.08. The van der Waals surface area contributed by atoms with Gasteiger partial charge < -0.3 is 15.5 Å². The summed E-state index contributed by atoms with van der Waals surface area (Å²) < 4.78 is 14.9. The molecule has 0 bridgehead atoms. The van der Waals surface area contributed by atoms with Crippen LogP contribution in [0.2, 0.25) is 0 Å². The van der Waals surface area contributed by atoms with Crippen LogP contribution in [0.3, 0.4) is 0 Å². The predicted molar refractivity (Wildman–Crippen MR) is 136 cm³/mol. The highest BCUT2D eigenvalue weighted by Gasteiger charge is 2.35. The van der Waals surface area contributed by atoms with Crippen LogP contribution in [-0.4, -0.2) is 33.8 Å². The maximum atomic E-state index is 13.7. The fraction of sp³-hybridized carbons (Fsp3) is 0.308. The molecule has 1 aliphatic heterocycles. The van der Waals surface area contributed by atoms with Crippen molar-refractivity contribution in [3.05, 3.63) is 92.4 Å². The molecule has 1 aliphatic rings. The third-order valence-electron chi connectivity index (χ3n) is 5.97. The van der Waals surface area contributed by atoms with Gasteiger partial charge in [-0.1, -0.05) is 61.5 Å². The van der Waals surface area contributed by atoms with E-state index in [-0.39, 0.29) is 36.9 Å². The van der Waals surface area contributed by atoms with Crippen molar-refractivity contribution in [3.63, 3.8) is 0 Å². The Morgan fingerprint density at radius 2 is 1.97 bits per heavy atom. The van der Waals surface area contributed by atoms with Gasteiger partial charge in [0.05, 0.1) is 12.3 Å². The highest BCUT2D eigenvalue weighted by Crippen LogP contribution is 2.24. The molecule has 9 nitrogen and oxygen atoms in total. The lowest BCUT2D eigenvalue weighted by molar-refractivity contribution is -0.128. The minimum Gasteiger partial charge on any atom is -0.383 e. The van der Waals surface area contributed by atoms with E-state index in [9.17, 15) is 18.8 Å². The van der Waals surface area contributed by atoms with Crippen LogP contribution in [0.15, 0.2) is 69.3 Å². The third-order valence-corrected chi connectivity index (χ3v) is 5.97. The van der Waals surface area contributed by atoms with Crippen LogP contribution in [0.4, 0.5) is 15.9 Å². The number of aromatic amines is 1. The highest BCUT2D eigenvalue weighted by molar-refractivity contribution is 6.07. The second-order valence-corrected chi connectivity index (χ2v) is 9.08. The summed E-state index contributed by atoms with van der Waals surface area (Å²) in [4.78, 5) is 48.1. The molecule has 10 heteroatoms. The number of amides is 1. The van der Waals surface area contributed by atoms with Gasteiger partial charge >= 0.3 is 5.69 Å². The van der Waals surface area contributed by atoms with E-state index in [0.29, 0.717) is 17.7 Å². The first-order valence-electron chi connectivity index (χ1n) is 11.7. The monoisotopic (exact) mass is 493 g/mol. The molecule has 2 aromatic carbocycles. The first-order chi connectivity index (χ1) is 17.2. The number of halogens is 1. The number of nitrogen functional groups attached to an aromatic ring is 1. The first-order valence-corrected chi connectivity index (χ1v) is 11.7. The number of nitrogens with two attached hydrogens (primary N) is 1. The summed E-state index contributed by atoms with van der Waals surface area (Å²) in [5, 5.41) is 3.98. The Bertz CT molecular complexity index is 1400. The molecule has 4 rings (SSSR count). The maximum absolute atomic E-state index is 13.7. The molecule has 3 N–H and O–H groups in total. The van der Waals surface area contributed by atoms with Crippen LogP contribution >= 0.6 is 0 Å². The van der Waals surface area contributed by atoms with Crippen molar-refractivity contribution in [2.24, 2.45) is 11.1 Å². The van der Waals surface area contributed by atoms with Gasteiger partial charge in [0.25, 0.3) is 11.5 Å². The Hall–Kier alpha value is -4.21. The van der Waals surface area contributed by atoms with Gasteiger partial charge in [0.15, 0.2) is 5.69 Å². The third kappa shape index (κ3) is 5.37. The van der Waals surface area contributed by atoms with Crippen LogP contribution in [0, 0.1) is 11.7 Å². The molecule has 0 aliphatic carbocycles. The molecule has 0 spiro atoms. The summed E-state index contributed by atoms with van der Waals surface area (Å²) in [6.45, 7) is 4.28. The molecule has 1 aromatic heterocycles. The molecule has 36 heavy (non-hydrogen) atoms. The van der Waals surface area contributed by atoms with Crippen molar-refractivity contribution in [3.8, 4) is 0 Å². The van der Waals surface area contributed by atoms with E-state index in [4.69, 9.17) is 10.6 Å². The van der Waals surface area contributed by atoms with E-state index in [1.807, 2.05) is 44.2 Å².